The number of rotatable bonds is 2. The Bertz CT molecular complexity index is 765. The zero-order chi connectivity index (χ0) is 15.3. The zero-order valence-corrected chi connectivity index (χ0v) is 13.9. The molecule has 1 aliphatic carbocycles. The highest BCUT2D eigenvalue weighted by Crippen LogP contribution is 2.40. The molecule has 0 aromatic carbocycles. The maximum atomic E-state index is 8.96. The van der Waals surface area contributed by atoms with Gasteiger partial charge in [0.25, 0.3) is 0 Å². The van der Waals surface area contributed by atoms with E-state index in [-0.39, 0.29) is 0 Å². The van der Waals surface area contributed by atoms with Gasteiger partial charge in [0.1, 0.15) is 11.9 Å². The summed E-state index contributed by atoms with van der Waals surface area (Å²) in [5, 5.41) is 13.5. The molecule has 0 spiro atoms. The summed E-state index contributed by atoms with van der Waals surface area (Å²) in [7, 11) is 2.20. The monoisotopic (exact) mass is 360 g/mol. The van der Waals surface area contributed by atoms with E-state index in [1.165, 1.54) is 19.4 Å². The fourth-order valence-electron chi connectivity index (χ4n) is 3.98. The number of likely N-dealkylation sites (tertiary alicyclic amines) is 1. The van der Waals surface area contributed by atoms with Gasteiger partial charge in [-0.2, -0.15) is 5.26 Å². The predicted molar refractivity (Wildman–Crippen MR) is 87.5 cm³/mol. The van der Waals surface area contributed by atoms with Gasteiger partial charge in [0.2, 0.25) is 5.76 Å². The van der Waals surface area contributed by atoms with Crippen molar-refractivity contribution in [3.8, 4) is 6.07 Å². The molecule has 0 bridgehead atoms. The molecule has 2 aromatic rings. The Morgan fingerprint density at radius 3 is 3.14 bits per heavy atom. The van der Waals surface area contributed by atoms with Crippen molar-refractivity contribution in [3.63, 3.8) is 0 Å². The molecule has 1 aliphatic heterocycles. The molecule has 3 atom stereocenters. The summed E-state index contributed by atoms with van der Waals surface area (Å²) in [6.07, 6.45) is 4.18. The summed E-state index contributed by atoms with van der Waals surface area (Å²) < 4.78 is 6.30. The highest BCUT2D eigenvalue weighted by molar-refractivity contribution is 9.10. The first kappa shape index (κ1) is 14.0. The topological polar surface area (TPSA) is 65.1 Å². The number of nitriles is 1. The highest BCUT2D eigenvalue weighted by atomic mass is 79.9. The summed E-state index contributed by atoms with van der Waals surface area (Å²) in [6.45, 7) is 2.37. The number of pyridine rings is 1. The largest absolute Gasteiger partial charge is 0.444 e. The number of hydrogen-bond acceptors (Lipinski definition) is 5. The number of hydrogen-bond donors (Lipinski definition) is 1. The molecule has 2 fully saturated rings. The van der Waals surface area contributed by atoms with Crippen molar-refractivity contribution in [1.29, 1.82) is 5.26 Å². The van der Waals surface area contributed by atoms with Gasteiger partial charge in [0.05, 0.1) is 10.7 Å². The van der Waals surface area contributed by atoms with Crippen molar-refractivity contribution in [2.45, 2.75) is 18.9 Å². The standard InChI is InChI=1S/C16H17BrN4O/c1-21-7-9-2-3-13(12(9)8-21)20-16-15(17)11-4-10(5-18)22-14(11)6-19-16/h4,6,9,12-13H,2-3,7-8H2,1H3,(H,19,20)/t9-,12+,13+/m0/s1. The van der Waals surface area contributed by atoms with E-state index in [4.69, 9.17) is 9.68 Å². The molecule has 2 aromatic heterocycles. The highest BCUT2D eigenvalue weighted by Gasteiger charge is 2.41. The maximum Gasteiger partial charge on any atom is 0.204 e. The van der Waals surface area contributed by atoms with Crippen molar-refractivity contribution in [2.75, 3.05) is 25.5 Å². The van der Waals surface area contributed by atoms with E-state index in [9.17, 15) is 0 Å². The number of aromatic nitrogens is 1. The van der Waals surface area contributed by atoms with Gasteiger partial charge in [-0.1, -0.05) is 0 Å². The van der Waals surface area contributed by atoms with E-state index in [1.54, 1.807) is 12.3 Å². The number of nitrogens with one attached hydrogen (secondary N) is 1. The van der Waals surface area contributed by atoms with Gasteiger partial charge in [-0.05, 0) is 47.7 Å². The number of fused-ring (bicyclic) bond motifs is 2. The average Bonchev–Trinajstić information content (AvgIpc) is 3.17. The van der Waals surface area contributed by atoms with Gasteiger partial charge in [-0.15, -0.1) is 0 Å². The van der Waals surface area contributed by atoms with Crippen LogP contribution in [0.15, 0.2) is 21.2 Å². The van der Waals surface area contributed by atoms with Gasteiger partial charge in [-0.25, -0.2) is 4.98 Å². The molecular weight excluding hydrogens is 344 g/mol. The lowest BCUT2D eigenvalue weighted by Gasteiger charge is -2.21. The lowest BCUT2D eigenvalue weighted by molar-refractivity contribution is 0.373. The van der Waals surface area contributed by atoms with Crippen molar-refractivity contribution in [1.82, 2.24) is 9.88 Å². The Labute approximate surface area is 137 Å². The number of nitrogens with zero attached hydrogens (tertiary/aromatic N) is 3. The van der Waals surface area contributed by atoms with Gasteiger partial charge in [0, 0.05) is 30.6 Å². The molecule has 1 N–H and O–H groups in total. The first-order chi connectivity index (χ1) is 10.7. The zero-order valence-electron chi connectivity index (χ0n) is 12.3. The van der Waals surface area contributed by atoms with Crippen LogP contribution < -0.4 is 5.32 Å². The number of anilines is 1. The van der Waals surface area contributed by atoms with E-state index < -0.39 is 0 Å². The minimum atomic E-state index is 0.313. The Kier molecular flexibility index (Phi) is 3.35. The fourth-order valence-corrected chi connectivity index (χ4v) is 4.51. The molecule has 3 heterocycles. The third-order valence-electron chi connectivity index (χ3n) is 4.99. The molecule has 2 aliphatic rings. The Balaban J connectivity index is 1.62. The fraction of sp³-hybridized carbons (Fsp3) is 0.500. The van der Waals surface area contributed by atoms with Crippen LogP contribution in [-0.4, -0.2) is 36.1 Å². The molecule has 22 heavy (non-hydrogen) atoms. The quantitative estimate of drug-likeness (QED) is 0.890. The number of furan rings is 1. The normalized spacial score (nSPS) is 28.0. The molecule has 6 heteroatoms. The summed E-state index contributed by atoms with van der Waals surface area (Å²) in [5.74, 6) is 2.67. The maximum absolute atomic E-state index is 8.96. The molecular formula is C16H17BrN4O. The van der Waals surface area contributed by atoms with Crippen LogP contribution in [-0.2, 0) is 0 Å². The molecule has 1 saturated carbocycles. The SMILES string of the molecule is CN1C[C@@H]2CC[C@@H](Nc3ncc4oc(C#N)cc4c3Br)[C@@H]2C1. The van der Waals surface area contributed by atoms with Gasteiger partial charge < -0.3 is 14.6 Å². The van der Waals surface area contributed by atoms with Crippen LogP contribution in [0.2, 0.25) is 0 Å². The van der Waals surface area contributed by atoms with E-state index in [2.05, 4.69) is 38.2 Å². The second-order valence-corrected chi connectivity index (χ2v) is 7.19. The van der Waals surface area contributed by atoms with Gasteiger partial charge in [-0.3, -0.25) is 0 Å². The predicted octanol–water partition coefficient (Wildman–Crippen LogP) is 3.21. The minimum Gasteiger partial charge on any atom is -0.444 e. The van der Waals surface area contributed by atoms with E-state index in [1.807, 2.05) is 6.07 Å². The molecule has 114 valence electrons. The molecule has 4 rings (SSSR count). The second-order valence-electron chi connectivity index (χ2n) is 6.39. The first-order valence-electron chi connectivity index (χ1n) is 7.59. The van der Waals surface area contributed by atoms with Crippen LogP contribution >= 0.6 is 15.9 Å². The molecule has 5 nitrogen and oxygen atoms in total. The molecule has 0 unspecified atom stereocenters. The van der Waals surface area contributed by atoms with Crippen LogP contribution in [0.25, 0.3) is 11.0 Å². The van der Waals surface area contributed by atoms with Crippen molar-refractivity contribution >= 4 is 32.7 Å². The van der Waals surface area contributed by atoms with E-state index in [0.29, 0.717) is 23.3 Å². The minimum absolute atomic E-state index is 0.313. The van der Waals surface area contributed by atoms with Gasteiger partial charge >= 0.3 is 0 Å². The molecule has 1 saturated heterocycles. The van der Waals surface area contributed by atoms with E-state index >= 15 is 0 Å². The smallest absolute Gasteiger partial charge is 0.204 e. The van der Waals surface area contributed by atoms with Crippen LogP contribution in [0.3, 0.4) is 0 Å². The Morgan fingerprint density at radius 2 is 2.32 bits per heavy atom. The Morgan fingerprint density at radius 1 is 1.45 bits per heavy atom. The van der Waals surface area contributed by atoms with Crippen LogP contribution in [0.5, 0.6) is 0 Å². The Hall–Kier alpha value is -1.58. The van der Waals surface area contributed by atoms with Crippen LogP contribution in [0, 0.1) is 23.2 Å². The molecule has 0 radical (unpaired) electrons. The third-order valence-corrected chi connectivity index (χ3v) is 5.79. The summed E-state index contributed by atoms with van der Waals surface area (Å²) in [6, 6.07) is 4.26. The van der Waals surface area contributed by atoms with Crippen molar-refractivity contribution < 1.29 is 4.42 Å². The van der Waals surface area contributed by atoms with Crippen molar-refractivity contribution in [2.24, 2.45) is 11.8 Å². The lowest BCUT2D eigenvalue weighted by atomic mass is 9.98. The summed E-state index contributed by atoms with van der Waals surface area (Å²) in [4.78, 5) is 6.90. The average molecular weight is 361 g/mol. The van der Waals surface area contributed by atoms with Crippen molar-refractivity contribution in [3.05, 3.63) is 22.5 Å². The first-order valence-corrected chi connectivity index (χ1v) is 8.38. The lowest BCUT2D eigenvalue weighted by Crippen LogP contribution is -2.29. The van der Waals surface area contributed by atoms with E-state index in [0.717, 1.165) is 28.1 Å². The summed E-state index contributed by atoms with van der Waals surface area (Å²) in [5.41, 5.74) is 0.638. The third kappa shape index (κ3) is 2.20. The number of halogens is 1. The van der Waals surface area contributed by atoms with Gasteiger partial charge in [0.15, 0.2) is 5.58 Å². The van der Waals surface area contributed by atoms with Crippen LogP contribution in [0.4, 0.5) is 5.82 Å². The summed E-state index contributed by atoms with van der Waals surface area (Å²) >= 11 is 3.61. The van der Waals surface area contributed by atoms with Crippen LogP contribution in [0.1, 0.15) is 18.6 Å². The molecule has 0 amide bonds. The second kappa shape index (κ2) is 5.25.